The summed E-state index contributed by atoms with van der Waals surface area (Å²) < 4.78 is 1.43. The summed E-state index contributed by atoms with van der Waals surface area (Å²) in [6.07, 6.45) is 1.91. The van der Waals surface area contributed by atoms with Crippen LogP contribution in [0.2, 0.25) is 5.02 Å². The quantitative estimate of drug-likeness (QED) is 0.891. The molecule has 2 aromatic rings. The van der Waals surface area contributed by atoms with Crippen molar-refractivity contribution in [2.24, 2.45) is 5.41 Å². The van der Waals surface area contributed by atoms with E-state index in [2.05, 4.69) is 0 Å². The van der Waals surface area contributed by atoms with E-state index in [1.807, 2.05) is 12.1 Å². The highest BCUT2D eigenvalue weighted by molar-refractivity contribution is 6.31. The van der Waals surface area contributed by atoms with E-state index in [1.54, 1.807) is 19.1 Å². The topological polar surface area (TPSA) is 79.6 Å². The Balaban J connectivity index is 1.84. The molecular weight excluding hydrogens is 356 g/mol. The maximum atomic E-state index is 12.7. The third-order valence-electron chi connectivity index (χ3n) is 4.81. The van der Waals surface area contributed by atoms with Gasteiger partial charge in [-0.15, -0.1) is 0 Å². The first-order chi connectivity index (χ1) is 12.3. The van der Waals surface area contributed by atoms with Gasteiger partial charge < -0.3 is 14.6 Å². The average Bonchev–Trinajstić information content (AvgIpc) is 3.02. The van der Waals surface area contributed by atoms with Gasteiger partial charge in [0, 0.05) is 30.4 Å². The highest BCUT2D eigenvalue weighted by atomic mass is 35.5. The summed E-state index contributed by atoms with van der Waals surface area (Å²) in [6, 6.07) is 10.0. The number of hydrogen-bond donors (Lipinski definition) is 1. The summed E-state index contributed by atoms with van der Waals surface area (Å²) in [5.74, 6) is -1.18. The summed E-state index contributed by atoms with van der Waals surface area (Å²) in [5.41, 5.74) is -0.0353. The molecule has 2 heterocycles. The maximum absolute atomic E-state index is 12.7. The summed E-state index contributed by atoms with van der Waals surface area (Å²) in [7, 11) is 0. The number of carboxylic acids is 1. The van der Waals surface area contributed by atoms with Gasteiger partial charge in [0.05, 0.1) is 17.5 Å². The molecule has 1 fully saturated rings. The first-order valence-electron chi connectivity index (χ1n) is 8.27. The van der Waals surface area contributed by atoms with E-state index < -0.39 is 11.4 Å². The zero-order valence-corrected chi connectivity index (χ0v) is 15.1. The molecule has 1 aromatic heterocycles. The standard InChI is InChI=1S/C19H19ClN2O4/c1-19(18(25)26)8-9-21(12-19)17(24)14-6-7-16(23)22(11-14)10-13-4-2-3-5-15(13)20/h2-7,11H,8-10,12H2,1H3,(H,25,26). The van der Waals surface area contributed by atoms with Gasteiger partial charge in [0.25, 0.3) is 11.5 Å². The fraction of sp³-hybridized carbons (Fsp3) is 0.316. The SMILES string of the molecule is CC1(C(=O)O)CCN(C(=O)c2ccc(=O)n(Cc3ccccc3Cl)c2)C1. The second kappa shape index (κ2) is 6.96. The number of amides is 1. The van der Waals surface area contributed by atoms with E-state index in [4.69, 9.17) is 11.6 Å². The molecule has 1 unspecified atom stereocenters. The van der Waals surface area contributed by atoms with Crippen LogP contribution in [0.4, 0.5) is 0 Å². The van der Waals surface area contributed by atoms with Crippen LogP contribution in [0.3, 0.4) is 0 Å². The molecule has 1 aliphatic rings. The average molecular weight is 375 g/mol. The molecule has 0 aliphatic carbocycles. The van der Waals surface area contributed by atoms with Gasteiger partial charge in [0.15, 0.2) is 0 Å². The monoisotopic (exact) mass is 374 g/mol. The van der Waals surface area contributed by atoms with E-state index in [0.29, 0.717) is 23.6 Å². The minimum Gasteiger partial charge on any atom is -0.481 e. The lowest BCUT2D eigenvalue weighted by molar-refractivity contribution is -0.147. The molecule has 3 rings (SSSR count). The molecule has 0 saturated carbocycles. The lowest BCUT2D eigenvalue weighted by atomic mass is 9.90. The fourth-order valence-electron chi connectivity index (χ4n) is 3.08. The first-order valence-corrected chi connectivity index (χ1v) is 8.64. The molecule has 1 aliphatic heterocycles. The van der Waals surface area contributed by atoms with Crippen molar-refractivity contribution < 1.29 is 14.7 Å². The molecule has 1 amide bonds. The van der Waals surface area contributed by atoms with E-state index in [0.717, 1.165) is 5.56 Å². The lowest BCUT2D eigenvalue weighted by Crippen LogP contribution is -2.35. The lowest BCUT2D eigenvalue weighted by Gasteiger charge is -2.20. The Morgan fingerprint density at radius 1 is 1.23 bits per heavy atom. The molecule has 136 valence electrons. The number of carboxylic acid groups (broad SMARTS) is 1. The van der Waals surface area contributed by atoms with E-state index in [-0.39, 0.29) is 24.6 Å². The Kier molecular flexibility index (Phi) is 4.87. The van der Waals surface area contributed by atoms with Crippen molar-refractivity contribution in [3.05, 3.63) is 69.1 Å². The van der Waals surface area contributed by atoms with Crippen LogP contribution in [0.15, 0.2) is 47.4 Å². The first kappa shape index (κ1) is 18.2. The number of carbonyl (C=O) groups excluding carboxylic acids is 1. The van der Waals surface area contributed by atoms with Crippen molar-refractivity contribution >= 4 is 23.5 Å². The van der Waals surface area contributed by atoms with Crippen LogP contribution in [0.1, 0.15) is 29.3 Å². The molecule has 1 aromatic carbocycles. The van der Waals surface area contributed by atoms with Crippen molar-refractivity contribution in [3.63, 3.8) is 0 Å². The van der Waals surface area contributed by atoms with Gasteiger partial charge in [-0.25, -0.2) is 0 Å². The summed E-state index contributed by atoms with van der Waals surface area (Å²) in [5, 5.41) is 9.87. The van der Waals surface area contributed by atoms with Gasteiger partial charge in [-0.3, -0.25) is 14.4 Å². The molecule has 1 N–H and O–H groups in total. The Labute approximate surface area is 155 Å². The molecule has 26 heavy (non-hydrogen) atoms. The minimum atomic E-state index is -0.929. The smallest absolute Gasteiger partial charge is 0.311 e. The number of carbonyl (C=O) groups is 2. The Hall–Kier alpha value is -2.60. The van der Waals surface area contributed by atoms with Crippen molar-refractivity contribution in [1.29, 1.82) is 0 Å². The number of benzene rings is 1. The van der Waals surface area contributed by atoms with Crippen LogP contribution in [0.5, 0.6) is 0 Å². The number of likely N-dealkylation sites (tertiary alicyclic amines) is 1. The van der Waals surface area contributed by atoms with E-state index in [1.165, 1.54) is 27.8 Å². The predicted molar refractivity (Wildman–Crippen MR) is 97.5 cm³/mol. The Morgan fingerprint density at radius 3 is 2.62 bits per heavy atom. The van der Waals surface area contributed by atoms with Gasteiger partial charge in [-0.05, 0) is 31.0 Å². The van der Waals surface area contributed by atoms with Crippen LogP contribution in [-0.2, 0) is 11.3 Å². The number of nitrogens with zero attached hydrogens (tertiary/aromatic N) is 2. The number of aromatic nitrogens is 1. The third kappa shape index (κ3) is 3.51. The number of halogens is 1. The zero-order chi connectivity index (χ0) is 18.9. The highest BCUT2D eigenvalue weighted by Gasteiger charge is 2.42. The van der Waals surface area contributed by atoms with Gasteiger partial charge in [-0.2, -0.15) is 0 Å². The van der Waals surface area contributed by atoms with Gasteiger partial charge in [0.1, 0.15) is 0 Å². The molecule has 1 saturated heterocycles. The Bertz CT molecular complexity index is 924. The molecule has 0 bridgehead atoms. The summed E-state index contributed by atoms with van der Waals surface area (Å²) >= 11 is 6.15. The number of rotatable bonds is 4. The summed E-state index contributed by atoms with van der Waals surface area (Å²) in [6.45, 7) is 2.43. The minimum absolute atomic E-state index is 0.158. The van der Waals surface area contributed by atoms with Gasteiger partial charge >= 0.3 is 5.97 Å². The van der Waals surface area contributed by atoms with Crippen LogP contribution in [0, 0.1) is 5.41 Å². The van der Waals surface area contributed by atoms with Crippen LogP contribution >= 0.6 is 11.6 Å². The number of pyridine rings is 1. The third-order valence-corrected chi connectivity index (χ3v) is 5.17. The van der Waals surface area contributed by atoms with Crippen LogP contribution in [0.25, 0.3) is 0 Å². The molecule has 7 heteroatoms. The molecule has 0 spiro atoms. The normalized spacial score (nSPS) is 19.5. The maximum Gasteiger partial charge on any atom is 0.311 e. The molecule has 0 radical (unpaired) electrons. The van der Waals surface area contributed by atoms with E-state index in [9.17, 15) is 19.5 Å². The largest absolute Gasteiger partial charge is 0.481 e. The number of aliphatic carboxylic acids is 1. The number of hydrogen-bond acceptors (Lipinski definition) is 3. The van der Waals surface area contributed by atoms with E-state index >= 15 is 0 Å². The van der Waals surface area contributed by atoms with Gasteiger partial charge in [0.2, 0.25) is 0 Å². The second-order valence-electron chi connectivity index (χ2n) is 6.82. The van der Waals surface area contributed by atoms with Crippen LogP contribution < -0.4 is 5.56 Å². The van der Waals surface area contributed by atoms with Crippen molar-refractivity contribution in [2.45, 2.75) is 19.9 Å². The van der Waals surface area contributed by atoms with Crippen LogP contribution in [-0.4, -0.2) is 39.5 Å². The molecular formula is C19H19ClN2O4. The van der Waals surface area contributed by atoms with Gasteiger partial charge in [-0.1, -0.05) is 29.8 Å². The van der Waals surface area contributed by atoms with Crippen molar-refractivity contribution in [2.75, 3.05) is 13.1 Å². The Morgan fingerprint density at radius 2 is 1.96 bits per heavy atom. The van der Waals surface area contributed by atoms with Crippen molar-refractivity contribution in [1.82, 2.24) is 9.47 Å². The van der Waals surface area contributed by atoms with Crippen molar-refractivity contribution in [3.8, 4) is 0 Å². The zero-order valence-electron chi connectivity index (χ0n) is 14.3. The second-order valence-corrected chi connectivity index (χ2v) is 7.23. The molecule has 6 nitrogen and oxygen atoms in total. The molecule has 1 atom stereocenters. The highest BCUT2D eigenvalue weighted by Crippen LogP contribution is 2.30. The summed E-state index contributed by atoms with van der Waals surface area (Å²) in [4.78, 5) is 37.8. The predicted octanol–water partition coefficient (Wildman–Crippen LogP) is 2.49. The fourth-order valence-corrected chi connectivity index (χ4v) is 3.28.